The summed E-state index contributed by atoms with van der Waals surface area (Å²) in [5.41, 5.74) is 8.69. The summed E-state index contributed by atoms with van der Waals surface area (Å²) in [6.45, 7) is 25.7. The van der Waals surface area contributed by atoms with Crippen molar-refractivity contribution in [3.63, 3.8) is 0 Å². The van der Waals surface area contributed by atoms with Crippen LogP contribution in [0.15, 0.2) is 58.4 Å². The lowest BCUT2D eigenvalue weighted by molar-refractivity contribution is 0.550. The molecule has 0 bridgehead atoms. The molecule has 0 unspecified atom stereocenters. The highest BCUT2D eigenvalue weighted by atomic mass is 31.2. The van der Waals surface area contributed by atoms with E-state index in [0.717, 1.165) is 12.3 Å². The summed E-state index contributed by atoms with van der Waals surface area (Å²) >= 11 is 0. The van der Waals surface area contributed by atoms with E-state index in [1.54, 1.807) is 0 Å². The van der Waals surface area contributed by atoms with Crippen LogP contribution in [0.25, 0.3) is 0 Å². The van der Waals surface area contributed by atoms with Crippen molar-refractivity contribution >= 4 is 18.0 Å². The number of nitrogens with zero attached hydrogens (tertiary/aromatic N) is 1. The molecule has 0 spiro atoms. The van der Waals surface area contributed by atoms with Crippen LogP contribution in [0.1, 0.15) is 92.9 Å². The van der Waals surface area contributed by atoms with E-state index in [4.69, 9.17) is 4.74 Å². The summed E-state index contributed by atoms with van der Waals surface area (Å²) in [6, 6.07) is 16.1. The molecule has 0 amide bonds. The molecule has 0 saturated heterocycles. The minimum atomic E-state index is -1.73. The van der Waals surface area contributed by atoms with Gasteiger partial charge in [-0.2, -0.15) is 0 Å². The molecule has 1 nitrogen and oxygen atoms in total. The van der Waals surface area contributed by atoms with Gasteiger partial charge in [0.15, 0.2) is 0 Å². The van der Waals surface area contributed by atoms with E-state index >= 15 is 0 Å². The van der Waals surface area contributed by atoms with Gasteiger partial charge in [-0.1, -0.05) is 116 Å². The third kappa shape index (κ3) is 4.99. The highest BCUT2D eigenvalue weighted by molar-refractivity contribution is 7.74. The molecule has 1 heterocycles. The summed E-state index contributed by atoms with van der Waals surface area (Å²) in [6.07, 6.45) is 2.22. The van der Waals surface area contributed by atoms with E-state index in [2.05, 4.69) is 119 Å². The van der Waals surface area contributed by atoms with Gasteiger partial charge < -0.3 is 0 Å². The topological polar surface area (TPSA) is 12.4 Å². The van der Waals surface area contributed by atoms with Gasteiger partial charge in [-0.15, -0.1) is 0 Å². The third-order valence-electron chi connectivity index (χ3n) is 6.85. The maximum absolute atomic E-state index is 5.89. The van der Waals surface area contributed by atoms with E-state index in [0.29, 0.717) is 0 Å². The van der Waals surface area contributed by atoms with Crippen LogP contribution in [0, 0.1) is 0 Å². The molecule has 2 heteroatoms. The van der Waals surface area contributed by atoms with E-state index in [-0.39, 0.29) is 16.2 Å². The second-order valence-electron chi connectivity index (χ2n) is 12.9. The number of allylic oxidation sites excluding steroid dienone is 2. The van der Waals surface area contributed by atoms with Crippen LogP contribution in [-0.4, -0.2) is 12.3 Å². The lowest BCUT2D eigenvalue weighted by Crippen LogP contribution is -2.21. The van der Waals surface area contributed by atoms with Crippen molar-refractivity contribution in [2.24, 2.45) is 4.74 Å². The Labute approximate surface area is 197 Å². The summed E-state index contributed by atoms with van der Waals surface area (Å²) < 4.78 is 5.89. The summed E-state index contributed by atoms with van der Waals surface area (Å²) in [4.78, 5) is 0. The summed E-state index contributed by atoms with van der Waals surface area (Å²) in [5.74, 6) is 0. The zero-order chi connectivity index (χ0) is 24.1. The van der Waals surface area contributed by atoms with Gasteiger partial charge >= 0.3 is 0 Å². The van der Waals surface area contributed by atoms with Crippen LogP contribution in [0.5, 0.6) is 0 Å². The Morgan fingerprint density at radius 2 is 1.09 bits per heavy atom. The fraction of sp³-hybridized carbons (Fsp3) is 0.533. The molecular formula is C30H44NP. The molecular weight excluding hydrogens is 405 g/mol. The fourth-order valence-corrected chi connectivity index (χ4v) is 8.81. The van der Waals surface area contributed by atoms with Crippen molar-refractivity contribution < 1.29 is 0 Å². The molecule has 0 fully saturated rings. The Morgan fingerprint density at radius 3 is 1.47 bits per heavy atom. The SMILES string of the molecule is CC1=C(C)CP(=Nc2c(C(C)(C)C)cc(C(C)(C)C)cc2C(C)(C)C)(c2ccccc2)C1. The van der Waals surface area contributed by atoms with Gasteiger partial charge in [0.05, 0.1) is 5.69 Å². The quantitative estimate of drug-likeness (QED) is 0.320. The van der Waals surface area contributed by atoms with Crippen LogP contribution >= 0.6 is 7.05 Å². The first-order chi connectivity index (χ1) is 14.5. The molecule has 1 aliphatic rings. The number of benzene rings is 2. The molecule has 0 atom stereocenters. The van der Waals surface area contributed by atoms with Crippen LogP contribution in [0.2, 0.25) is 0 Å². The number of rotatable bonds is 2. The average molecular weight is 450 g/mol. The smallest absolute Gasteiger partial charge is 0.0692 e. The van der Waals surface area contributed by atoms with Gasteiger partial charge in [-0.3, -0.25) is 4.74 Å². The van der Waals surface area contributed by atoms with Crippen molar-refractivity contribution in [1.82, 2.24) is 0 Å². The van der Waals surface area contributed by atoms with Crippen LogP contribution in [0.4, 0.5) is 5.69 Å². The van der Waals surface area contributed by atoms with Crippen LogP contribution in [-0.2, 0) is 16.2 Å². The van der Waals surface area contributed by atoms with Crippen molar-refractivity contribution in [3.8, 4) is 0 Å². The predicted octanol–water partition coefficient (Wildman–Crippen LogP) is 9.09. The molecule has 0 aliphatic carbocycles. The first-order valence-electron chi connectivity index (χ1n) is 12.1. The molecule has 1 aliphatic heterocycles. The normalized spacial score (nSPS) is 17.1. The second-order valence-corrected chi connectivity index (χ2v) is 16.1. The number of hydrogen-bond acceptors (Lipinski definition) is 1. The third-order valence-corrected chi connectivity index (χ3v) is 10.7. The zero-order valence-electron chi connectivity index (χ0n) is 22.4. The molecule has 174 valence electrons. The van der Waals surface area contributed by atoms with Gasteiger partial charge in [-0.25, -0.2) is 0 Å². The zero-order valence-corrected chi connectivity index (χ0v) is 23.2. The maximum atomic E-state index is 5.89. The number of hydrogen-bond donors (Lipinski definition) is 0. The van der Waals surface area contributed by atoms with Gasteiger partial charge in [-0.05, 0) is 52.1 Å². The monoisotopic (exact) mass is 449 g/mol. The highest BCUT2D eigenvalue weighted by Gasteiger charge is 2.34. The van der Waals surface area contributed by atoms with Crippen molar-refractivity contribution in [1.29, 1.82) is 0 Å². The summed E-state index contributed by atoms with van der Waals surface area (Å²) in [5, 5.41) is 1.44. The van der Waals surface area contributed by atoms with Crippen LogP contribution < -0.4 is 5.30 Å². The van der Waals surface area contributed by atoms with Gasteiger partial charge in [0.1, 0.15) is 0 Å². The highest BCUT2D eigenvalue weighted by Crippen LogP contribution is 2.60. The van der Waals surface area contributed by atoms with Crippen molar-refractivity contribution in [3.05, 3.63) is 70.3 Å². The predicted molar refractivity (Wildman–Crippen MR) is 146 cm³/mol. The fourth-order valence-electron chi connectivity index (χ4n) is 4.64. The van der Waals surface area contributed by atoms with Gasteiger partial charge in [0.25, 0.3) is 0 Å². The van der Waals surface area contributed by atoms with E-state index in [9.17, 15) is 0 Å². The van der Waals surface area contributed by atoms with Gasteiger partial charge in [0.2, 0.25) is 0 Å². The van der Waals surface area contributed by atoms with Crippen molar-refractivity contribution in [2.75, 3.05) is 12.3 Å². The first-order valence-corrected chi connectivity index (χ1v) is 14.2. The minimum absolute atomic E-state index is 0.0258. The molecule has 0 saturated carbocycles. The van der Waals surface area contributed by atoms with E-state index in [1.165, 1.54) is 38.8 Å². The Kier molecular flexibility index (Phi) is 6.51. The Balaban J connectivity index is 2.45. The lowest BCUT2D eigenvalue weighted by atomic mass is 9.74. The molecule has 3 rings (SSSR count). The standard InChI is InChI=1S/C30H44NP/c1-21-19-32(20-22(21)2,24-15-13-12-14-16-24)31-27-25(29(6,7)8)17-23(28(3,4)5)18-26(27)30(9,10)11/h12-18H,19-20H2,1-11H3. The Hall–Kier alpha value is -1.59. The van der Waals surface area contributed by atoms with E-state index in [1.807, 2.05) is 0 Å². The second kappa shape index (κ2) is 8.32. The first kappa shape index (κ1) is 25.0. The molecule has 2 aromatic rings. The lowest BCUT2D eigenvalue weighted by Gasteiger charge is -2.33. The van der Waals surface area contributed by atoms with Crippen molar-refractivity contribution in [2.45, 2.75) is 92.4 Å². The molecule has 0 aromatic heterocycles. The minimum Gasteiger partial charge on any atom is -0.262 e. The largest absolute Gasteiger partial charge is 0.262 e. The molecule has 32 heavy (non-hydrogen) atoms. The van der Waals surface area contributed by atoms with E-state index < -0.39 is 7.05 Å². The Morgan fingerprint density at radius 1 is 0.656 bits per heavy atom. The van der Waals surface area contributed by atoms with Crippen LogP contribution in [0.3, 0.4) is 0 Å². The molecule has 2 aromatic carbocycles. The summed E-state index contributed by atoms with van der Waals surface area (Å²) in [7, 11) is -1.73. The maximum Gasteiger partial charge on any atom is 0.0692 e. The molecule has 0 N–H and O–H groups in total. The van der Waals surface area contributed by atoms with Gasteiger partial charge in [0, 0.05) is 19.4 Å². The Bertz CT molecular complexity index is 1030. The average Bonchev–Trinajstić information content (AvgIpc) is 2.94. The molecule has 0 radical (unpaired) electrons.